The fraction of sp³-hybridized carbons (Fsp3) is 0.364. The van der Waals surface area contributed by atoms with Crippen LogP contribution in [0.2, 0.25) is 0 Å². The fourth-order valence-electron chi connectivity index (χ4n) is 1.47. The molecule has 0 aliphatic carbocycles. The Bertz CT molecular complexity index is 519. The van der Waals surface area contributed by atoms with Crippen LogP contribution in [0.5, 0.6) is 0 Å². The zero-order valence-corrected chi connectivity index (χ0v) is 9.95. The van der Waals surface area contributed by atoms with Crippen LogP contribution in [-0.2, 0) is 0 Å². The molecule has 0 aliphatic heterocycles. The number of aromatic nitrogens is 1. The van der Waals surface area contributed by atoms with Gasteiger partial charge >= 0.3 is 6.18 Å². The Kier molecular flexibility index (Phi) is 3.24. The van der Waals surface area contributed by atoms with Crippen LogP contribution in [0, 0.1) is 6.92 Å². The van der Waals surface area contributed by atoms with E-state index in [1.807, 2.05) is 25.1 Å². The van der Waals surface area contributed by atoms with Gasteiger partial charge in [-0.15, -0.1) is 0 Å². The van der Waals surface area contributed by atoms with Crippen molar-refractivity contribution in [2.45, 2.75) is 19.5 Å². The van der Waals surface area contributed by atoms with E-state index >= 15 is 0 Å². The van der Waals surface area contributed by atoms with E-state index in [9.17, 15) is 13.2 Å². The summed E-state index contributed by atoms with van der Waals surface area (Å²) < 4.78 is 36.9. The molecule has 2 nitrogen and oxygen atoms in total. The summed E-state index contributed by atoms with van der Waals surface area (Å²) in [7, 11) is 0. The van der Waals surface area contributed by atoms with Crippen molar-refractivity contribution in [3.63, 3.8) is 0 Å². The highest BCUT2D eigenvalue weighted by molar-refractivity contribution is 7.22. The third-order valence-corrected chi connectivity index (χ3v) is 3.28. The number of aryl methyl sites for hydroxylation is 1. The maximum atomic E-state index is 12.0. The average molecular weight is 260 g/mol. The second-order valence-corrected chi connectivity index (χ2v) is 4.76. The Morgan fingerprint density at radius 2 is 2.12 bits per heavy atom. The molecule has 0 unspecified atom stereocenters. The average Bonchev–Trinajstić information content (AvgIpc) is 2.60. The zero-order valence-electron chi connectivity index (χ0n) is 9.14. The Morgan fingerprint density at radius 1 is 1.35 bits per heavy atom. The SMILES string of the molecule is Cc1cccc2sc(NCCC(F)(F)F)nc12. The molecule has 0 atom stereocenters. The molecule has 6 heteroatoms. The third-order valence-electron chi connectivity index (χ3n) is 2.31. The number of thiazole rings is 1. The van der Waals surface area contributed by atoms with Crippen molar-refractivity contribution < 1.29 is 13.2 Å². The van der Waals surface area contributed by atoms with Gasteiger partial charge in [0.05, 0.1) is 16.6 Å². The summed E-state index contributed by atoms with van der Waals surface area (Å²) in [6, 6.07) is 5.76. The first-order valence-electron chi connectivity index (χ1n) is 5.12. The van der Waals surface area contributed by atoms with Gasteiger partial charge in [-0.2, -0.15) is 13.2 Å². The molecule has 17 heavy (non-hydrogen) atoms. The van der Waals surface area contributed by atoms with Crippen molar-refractivity contribution in [1.82, 2.24) is 4.98 Å². The molecule has 1 heterocycles. The Morgan fingerprint density at radius 3 is 2.76 bits per heavy atom. The van der Waals surface area contributed by atoms with Crippen LogP contribution in [0.3, 0.4) is 0 Å². The van der Waals surface area contributed by atoms with Gasteiger partial charge in [-0.3, -0.25) is 0 Å². The molecule has 1 aromatic carbocycles. The normalized spacial score (nSPS) is 12.0. The lowest BCUT2D eigenvalue weighted by molar-refractivity contribution is -0.131. The monoisotopic (exact) mass is 260 g/mol. The van der Waals surface area contributed by atoms with Gasteiger partial charge in [0, 0.05) is 6.54 Å². The van der Waals surface area contributed by atoms with Crippen molar-refractivity contribution in [2.75, 3.05) is 11.9 Å². The molecule has 2 rings (SSSR count). The molecule has 0 saturated carbocycles. The summed E-state index contributed by atoms with van der Waals surface area (Å²) in [6.45, 7) is 1.80. The molecule has 0 spiro atoms. The first kappa shape index (κ1) is 12.2. The number of fused-ring (bicyclic) bond motifs is 1. The predicted molar refractivity (Wildman–Crippen MR) is 63.5 cm³/mol. The molecule has 92 valence electrons. The third kappa shape index (κ3) is 3.09. The number of hydrogen-bond donors (Lipinski definition) is 1. The molecular formula is C11H11F3N2S. The zero-order chi connectivity index (χ0) is 12.5. The first-order chi connectivity index (χ1) is 7.96. The number of para-hydroxylation sites is 1. The summed E-state index contributed by atoms with van der Waals surface area (Å²) in [5, 5.41) is 3.25. The van der Waals surface area contributed by atoms with Crippen molar-refractivity contribution in [3.05, 3.63) is 23.8 Å². The van der Waals surface area contributed by atoms with E-state index in [1.165, 1.54) is 11.3 Å². The Labute approximate surface area is 100 Å². The number of nitrogens with one attached hydrogen (secondary N) is 1. The minimum absolute atomic E-state index is 0.137. The van der Waals surface area contributed by atoms with E-state index in [1.54, 1.807) is 0 Å². The number of rotatable bonds is 3. The smallest absolute Gasteiger partial charge is 0.361 e. The summed E-state index contributed by atoms with van der Waals surface area (Å²) in [5.41, 5.74) is 1.88. The minimum atomic E-state index is -4.13. The molecule has 1 aromatic heterocycles. The van der Waals surface area contributed by atoms with Gasteiger partial charge in [0.2, 0.25) is 0 Å². The highest BCUT2D eigenvalue weighted by atomic mass is 32.1. The molecular weight excluding hydrogens is 249 g/mol. The predicted octanol–water partition coefficient (Wildman–Crippen LogP) is 3.97. The van der Waals surface area contributed by atoms with E-state index in [0.717, 1.165) is 15.8 Å². The van der Waals surface area contributed by atoms with Crippen LogP contribution in [0.15, 0.2) is 18.2 Å². The highest BCUT2D eigenvalue weighted by Crippen LogP contribution is 2.28. The van der Waals surface area contributed by atoms with Gasteiger partial charge < -0.3 is 5.32 Å². The molecule has 1 N–H and O–H groups in total. The largest absolute Gasteiger partial charge is 0.390 e. The number of halogens is 3. The Balaban J connectivity index is 2.07. The van der Waals surface area contributed by atoms with Crippen molar-refractivity contribution in [1.29, 1.82) is 0 Å². The minimum Gasteiger partial charge on any atom is -0.361 e. The number of anilines is 1. The molecule has 0 radical (unpaired) electrons. The van der Waals surface area contributed by atoms with Crippen LogP contribution in [-0.4, -0.2) is 17.7 Å². The molecule has 0 saturated heterocycles. The fourth-order valence-corrected chi connectivity index (χ4v) is 2.44. The second-order valence-electron chi connectivity index (χ2n) is 3.73. The molecule has 0 aliphatic rings. The maximum Gasteiger partial charge on any atom is 0.390 e. The highest BCUT2D eigenvalue weighted by Gasteiger charge is 2.26. The Hall–Kier alpha value is -1.30. The van der Waals surface area contributed by atoms with Crippen molar-refractivity contribution in [2.24, 2.45) is 0 Å². The standard InChI is InChI=1S/C11H11F3N2S/c1-7-3-2-4-8-9(7)16-10(17-8)15-6-5-11(12,13)14/h2-4H,5-6H2,1H3,(H,15,16). The summed E-state index contributed by atoms with van der Waals surface area (Å²) in [4.78, 5) is 4.27. The van der Waals surface area contributed by atoms with E-state index < -0.39 is 12.6 Å². The summed E-state index contributed by atoms with van der Waals surface area (Å²) >= 11 is 1.37. The summed E-state index contributed by atoms with van der Waals surface area (Å²) in [6.07, 6.45) is -4.97. The van der Waals surface area contributed by atoms with Gasteiger partial charge in [0.25, 0.3) is 0 Å². The quantitative estimate of drug-likeness (QED) is 0.903. The van der Waals surface area contributed by atoms with Crippen molar-refractivity contribution in [3.8, 4) is 0 Å². The lowest BCUT2D eigenvalue weighted by atomic mass is 10.2. The van der Waals surface area contributed by atoms with Crippen molar-refractivity contribution >= 4 is 26.7 Å². The maximum absolute atomic E-state index is 12.0. The molecule has 2 aromatic rings. The van der Waals surface area contributed by atoms with Gasteiger partial charge in [-0.05, 0) is 18.6 Å². The first-order valence-corrected chi connectivity index (χ1v) is 5.94. The molecule has 0 amide bonds. The molecule has 0 fully saturated rings. The number of alkyl halides is 3. The number of hydrogen-bond acceptors (Lipinski definition) is 3. The van der Waals surface area contributed by atoms with E-state index in [-0.39, 0.29) is 6.54 Å². The number of benzene rings is 1. The molecule has 0 bridgehead atoms. The van der Waals surface area contributed by atoms with Crippen LogP contribution in [0.25, 0.3) is 10.2 Å². The topological polar surface area (TPSA) is 24.9 Å². The van der Waals surface area contributed by atoms with E-state index in [4.69, 9.17) is 0 Å². The van der Waals surface area contributed by atoms with Crippen LogP contribution >= 0.6 is 11.3 Å². The lowest BCUT2D eigenvalue weighted by Gasteiger charge is -2.05. The van der Waals surface area contributed by atoms with E-state index in [2.05, 4.69) is 10.3 Å². The van der Waals surface area contributed by atoms with Gasteiger partial charge in [0.1, 0.15) is 0 Å². The summed E-state index contributed by atoms with van der Waals surface area (Å²) in [5.74, 6) is 0. The van der Waals surface area contributed by atoms with Crippen LogP contribution in [0.4, 0.5) is 18.3 Å². The van der Waals surface area contributed by atoms with Crippen LogP contribution in [0.1, 0.15) is 12.0 Å². The van der Waals surface area contributed by atoms with Crippen LogP contribution < -0.4 is 5.32 Å². The van der Waals surface area contributed by atoms with E-state index in [0.29, 0.717) is 5.13 Å². The lowest BCUT2D eigenvalue weighted by Crippen LogP contribution is -2.14. The number of nitrogens with zero attached hydrogens (tertiary/aromatic N) is 1. The van der Waals surface area contributed by atoms with Gasteiger partial charge in [-0.1, -0.05) is 23.5 Å². The second kappa shape index (κ2) is 4.52. The van der Waals surface area contributed by atoms with Gasteiger partial charge in [0.15, 0.2) is 5.13 Å². The van der Waals surface area contributed by atoms with Gasteiger partial charge in [-0.25, -0.2) is 4.98 Å².